The minimum atomic E-state index is -0.460. The standard InChI is InChI=1S/C20H14BrN3O4/c21-16-5-3-15(4-6-16)20(25)28-19-11-1-14(2-12-19)13-22-23-17-7-9-18(10-8-17)24(26)27/h1-13,23H. The first-order valence-corrected chi connectivity index (χ1v) is 8.92. The van der Waals surface area contributed by atoms with Gasteiger partial charge in [-0.15, -0.1) is 0 Å². The molecule has 0 spiro atoms. The lowest BCUT2D eigenvalue weighted by molar-refractivity contribution is -0.384. The Bertz CT molecular complexity index is 1000. The van der Waals surface area contributed by atoms with Crippen LogP contribution in [0.2, 0.25) is 0 Å². The lowest BCUT2D eigenvalue weighted by Gasteiger charge is -2.05. The second kappa shape index (κ2) is 8.92. The van der Waals surface area contributed by atoms with Crippen LogP contribution in [0.3, 0.4) is 0 Å². The Labute approximate surface area is 168 Å². The Balaban J connectivity index is 1.56. The highest BCUT2D eigenvalue weighted by Gasteiger charge is 2.08. The molecule has 3 rings (SSSR count). The molecule has 0 unspecified atom stereocenters. The van der Waals surface area contributed by atoms with Crippen LogP contribution in [0.15, 0.2) is 82.4 Å². The first-order valence-electron chi connectivity index (χ1n) is 8.12. The zero-order valence-electron chi connectivity index (χ0n) is 14.4. The summed E-state index contributed by atoms with van der Waals surface area (Å²) in [5.41, 5.74) is 4.68. The molecule has 8 heteroatoms. The molecule has 0 saturated heterocycles. The van der Waals surface area contributed by atoms with Crippen LogP contribution in [0.4, 0.5) is 11.4 Å². The average Bonchev–Trinajstić information content (AvgIpc) is 2.70. The van der Waals surface area contributed by atoms with Crippen LogP contribution in [-0.4, -0.2) is 17.1 Å². The quantitative estimate of drug-likeness (QED) is 0.191. The predicted octanol–water partition coefficient (Wildman–Crippen LogP) is 5.02. The van der Waals surface area contributed by atoms with Crippen LogP contribution in [-0.2, 0) is 0 Å². The zero-order valence-corrected chi connectivity index (χ0v) is 16.0. The summed E-state index contributed by atoms with van der Waals surface area (Å²) in [4.78, 5) is 22.3. The van der Waals surface area contributed by atoms with E-state index in [-0.39, 0.29) is 5.69 Å². The second-order valence-corrected chi connectivity index (χ2v) is 6.56. The molecule has 0 radical (unpaired) electrons. The number of carbonyl (C=O) groups excluding carboxylic acids is 1. The number of halogens is 1. The molecular formula is C20H14BrN3O4. The second-order valence-electron chi connectivity index (χ2n) is 5.64. The maximum Gasteiger partial charge on any atom is 0.343 e. The van der Waals surface area contributed by atoms with E-state index < -0.39 is 10.9 Å². The summed E-state index contributed by atoms with van der Waals surface area (Å²) in [5, 5.41) is 14.7. The van der Waals surface area contributed by atoms with E-state index in [1.807, 2.05) is 0 Å². The first kappa shape index (κ1) is 19.2. The summed E-state index contributed by atoms with van der Waals surface area (Å²) in [6.07, 6.45) is 1.59. The van der Waals surface area contributed by atoms with Crippen LogP contribution in [0.25, 0.3) is 0 Å². The fourth-order valence-electron chi connectivity index (χ4n) is 2.21. The predicted molar refractivity (Wildman–Crippen MR) is 110 cm³/mol. The van der Waals surface area contributed by atoms with Gasteiger partial charge in [0.1, 0.15) is 5.75 Å². The molecule has 3 aromatic carbocycles. The molecule has 3 aromatic rings. The normalized spacial score (nSPS) is 10.6. The number of benzene rings is 3. The zero-order chi connectivity index (χ0) is 19.9. The summed E-state index contributed by atoms with van der Waals surface area (Å²) < 4.78 is 6.21. The molecule has 1 N–H and O–H groups in total. The lowest BCUT2D eigenvalue weighted by Crippen LogP contribution is -2.08. The Kier molecular flexibility index (Phi) is 6.13. The van der Waals surface area contributed by atoms with Crippen LogP contribution in [0.5, 0.6) is 5.75 Å². The van der Waals surface area contributed by atoms with Crippen LogP contribution in [0, 0.1) is 10.1 Å². The molecule has 7 nitrogen and oxygen atoms in total. The van der Waals surface area contributed by atoms with Gasteiger partial charge in [0, 0.05) is 16.6 Å². The molecule has 0 atom stereocenters. The number of nitrogens with one attached hydrogen (secondary N) is 1. The van der Waals surface area contributed by atoms with E-state index in [2.05, 4.69) is 26.5 Å². The Hall–Kier alpha value is -3.52. The van der Waals surface area contributed by atoms with Gasteiger partial charge >= 0.3 is 5.97 Å². The maximum absolute atomic E-state index is 12.1. The summed E-state index contributed by atoms with van der Waals surface area (Å²) in [5.74, 6) is -0.0119. The van der Waals surface area contributed by atoms with Crippen molar-refractivity contribution in [3.63, 3.8) is 0 Å². The van der Waals surface area contributed by atoms with E-state index in [0.717, 1.165) is 10.0 Å². The number of anilines is 1. The molecule has 0 amide bonds. The van der Waals surface area contributed by atoms with E-state index in [0.29, 0.717) is 17.0 Å². The number of nitro benzene ring substituents is 1. The van der Waals surface area contributed by atoms with Crippen molar-refractivity contribution in [1.29, 1.82) is 0 Å². The molecule has 0 aromatic heterocycles. The summed E-state index contributed by atoms with van der Waals surface area (Å²) in [7, 11) is 0. The molecule has 0 saturated carbocycles. The van der Waals surface area contributed by atoms with Crippen molar-refractivity contribution >= 4 is 39.5 Å². The number of ether oxygens (including phenoxy) is 1. The van der Waals surface area contributed by atoms with Gasteiger partial charge in [0.15, 0.2) is 0 Å². The van der Waals surface area contributed by atoms with Crippen molar-refractivity contribution in [3.05, 3.63) is 98.5 Å². The molecule has 28 heavy (non-hydrogen) atoms. The van der Waals surface area contributed by atoms with E-state index >= 15 is 0 Å². The molecule has 0 aliphatic heterocycles. The number of hydrazone groups is 1. The Morgan fingerprint density at radius 3 is 2.25 bits per heavy atom. The number of nitrogens with zero attached hydrogens (tertiary/aromatic N) is 2. The molecule has 0 fully saturated rings. The minimum Gasteiger partial charge on any atom is -0.423 e. The van der Waals surface area contributed by atoms with Gasteiger partial charge in [0.05, 0.1) is 22.4 Å². The third-order valence-corrected chi connectivity index (χ3v) is 4.18. The fraction of sp³-hybridized carbons (Fsp3) is 0. The first-order chi connectivity index (χ1) is 13.5. The number of esters is 1. The number of nitro groups is 1. The largest absolute Gasteiger partial charge is 0.423 e. The number of hydrogen-bond acceptors (Lipinski definition) is 6. The average molecular weight is 440 g/mol. The van der Waals surface area contributed by atoms with E-state index in [1.54, 1.807) is 66.9 Å². The smallest absolute Gasteiger partial charge is 0.343 e. The number of rotatable bonds is 6. The SMILES string of the molecule is O=C(Oc1ccc(C=NNc2ccc([N+](=O)[O-])cc2)cc1)c1ccc(Br)cc1. The highest BCUT2D eigenvalue weighted by Crippen LogP contribution is 2.17. The molecular weight excluding hydrogens is 426 g/mol. The molecule has 140 valence electrons. The van der Waals surface area contributed by atoms with Gasteiger partial charge in [0.25, 0.3) is 5.69 Å². The minimum absolute atomic E-state index is 0.0165. The molecule has 0 aliphatic rings. The van der Waals surface area contributed by atoms with Crippen molar-refractivity contribution in [1.82, 2.24) is 0 Å². The fourth-order valence-corrected chi connectivity index (χ4v) is 2.48. The summed E-state index contributed by atoms with van der Waals surface area (Å²) >= 11 is 3.32. The third-order valence-electron chi connectivity index (χ3n) is 3.66. The van der Waals surface area contributed by atoms with Crippen LogP contribution in [0.1, 0.15) is 15.9 Å². The van der Waals surface area contributed by atoms with Crippen LogP contribution >= 0.6 is 15.9 Å². The number of carbonyl (C=O) groups is 1. The molecule has 0 aliphatic carbocycles. The number of non-ortho nitro benzene ring substituents is 1. The van der Waals surface area contributed by atoms with E-state index in [4.69, 9.17) is 4.74 Å². The lowest BCUT2D eigenvalue weighted by atomic mass is 10.2. The van der Waals surface area contributed by atoms with Gasteiger partial charge in [-0.2, -0.15) is 5.10 Å². The topological polar surface area (TPSA) is 93.8 Å². The number of hydrogen-bond donors (Lipinski definition) is 1. The summed E-state index contributed by atoms with van der Waals surface area (Å²) in [6, 6.07) is 19.7. The van der Waals surface area contributed by atoms with Crippen LogP contribution < -0.4 is 10.2 Å². The van der Waals surface area contributed by atoms with Gasteiger partial charge in [-0.1, -0.05) is 15.9 Å². The highest BCUT2D eigenvalue weighted by molar-refractivity contribution is 9.10. The maximum atomic E-state index is 12.1. The van der Waals surface area contributed by atoms with Crippen molar-refractivity contribution in [2.75, 3.05) is 5.43 Å². The van der Waals surface area contributed by atoms with Crippen molar-refractivity contribution in [2.45, 2.75) is 0 Å². The van der Waals surface area contributed by atoms with E-state index in [1.165, 1.54) is 12.1 Å². The summed E-state index contributed by atoms with van der Waals surface area (Å²) in [6.45, 7) is 0. The monoisotopic (exact) mass is 439 g/mol. The van der Waals surface area contributed by atoms with Crippen molar-refractivity contribution in [3.8, 4) is 5.75 Å². The van der Waals surface area contributed by atoms with E-state index in [9.17, 15) is 14.9 Å². The van der Waals surface area contributed by atoms with Crippen molar-refractivity contribution in [2.24, 2.45) is 5.10 Å². The van der Waals surface area contributed by atoms with Gasteiger partial charge in [0.2, 0.25) is 0 Å². The van der Waals surface area contributed by atoms with Gasteiger partial charge in [-0.25, -0.2) is 4.79 Å². The van der Waals surface area contributed by atoms with Gasteiger partial charge < -0.3 is 4.74 Å². The van der Waals surface area contributed by atoms with Gasteiger partial charge in [-0.05, 0) is 66.2 Å². The van der Waals surface area contributed by atoms with Gasteiger partial charge in [-0.3, -0.25) is 15.5 Å². The molecule has 0 bridgehead atoms. The van der Waals surface area contributed by atoms with Crippen molar-refractivity contribution < 1.29 is 14.5 Å². The Morgan fingerprint density at radius 2 is 1.64 bits per heavy atom. The highest BCUT2D eigenvalue weighted by atomic mass is 79.9. The Morgan fingerprint density at radius 1 is 1.00 bits per heavy atom. The third kappa shape index (κ3) is 5.24. The molecule has 0 heterocycles.